The molecule has 1 aromatic heterocycles. The number of hydrogen-bond acceptors (Lipinski definition) is 7. The van der Waals surface area contributed by atoms with Crippen molar-refractivity contribution in [2.45, 2.75) is 31.6 Å². The first-order chi connectivity index (χ1) is 18.3. The molecule has 0 saturated heterocycles. The molecular formula is C28H23FN2O6S. The van der Waals surface area contributed by atoms with Crippen molar-refractivity contribution in [3.63, 3.8) is 0 Å². The van der Waals surface area contributed by atoms with Gasteiger partial charge in [-0.05, 0) is 42.5 Å². The number of ketones is 1. The molecule has 38 heavy (non-hydrogen) atoms. The van der Waals surface area contributed by atoms with Gasteiger partial charge in [0.2, 0.25) is 5.91 Å². The fourth-order valence-electron chi connectivity index (χ4n) is 5.35. The summed E-state index contributed by atoms with van der Waals surface area (Å²) in [6, 6.07) is 15.2. The maximum atomic E-state index is 15.0. The van der Waals surface area contributed by atoms with Crippen LogP contribution in [0.2, 0.25) is 0 Å². The Kier molecular flexibility index (Phi) is 6.90. The highest BCUT2D eigenvalue weighted by molar-refractivity contribution is 7.10. The average Bonchev–Trinajstić information content (AvgIpc) is 3.44. The summed E-state index contributed by atoms with van der Waals surface area (Å²) in [5.74, 6) is -4.89. The Bertz CT molecular complexity index is 1470. The van der Waals surface area contributed by atoms with Gasteiger partial charge in [-0.25, -0.2) is 4.39 Å². The number of carbonyl (C=O) groups excluding carboxylic acids is 3. The lowest BCUT2D eigenvalue weighted by Gasteiger charge is -2.42. The average molecular weight is 535 g/mol. The number of non-ortho nitro benzene ring substituents is 1. The maximum absolute atomic E-state index is 15.0. The summed E-state index contributed by atoms with van der Waals surface area (Å²) in [7, 11) is 0. The van der Waals surface area contributed by atoms with Gasteiger partial charge in [0.15, 0.2) is 5.78 Å². The number of esters is 1. The van der Waals surface area contributed by atoms with E-state index >= 15 is 0 Å². The van der Waals surface area contributed by atoms with E-state index in [2.05, 4.69) is 0 Å². The molecule has 0 bridgehead atoms. The van der Waals surface area contributed by atoms with Crippen LogP contribution in [0.1, 0.15) is 42.0 Å². The molecule has 0 radical (unpaired) electrons. The van der Waals surface area contributed by atoms with Gasteiger partial charge in [0.1, 0.15) is 11.7 Å². The number of para-hydroxylation sites is 1. The molecular weight excluding hydrogens is 511 g/mol. The molecule has 2 aromatic carbocycles. The van der Waals surface area contributed by atoms with Crippen LogP contribution in [0.3, 0.4) is 0 Å². The summed E-state index contributed by atoms with van der Waals surface area (Å²) in [5, 5.41) is 13.3. The minimum absolute atomic E-state index is 0.00908. The van der Waals surface area contributed by atoms with Crippen molar-refractivity contribution in [1.82, 2.24) is 0 Å². The van der Waals surface area contributed by atoms with Crippen molar-refractivity contribution in [3.8, 4) is 0 Å². The predicted octanol–water partition coefficient (Wildman–Crippen LogP) is 5.51. The number of carbonyl (C=O) groups is 3. The van der Waals surface area contributed by atoms with Crippen LogP contribution >= 0.6 is 11.3 Å². The molecule has 0 saturated carbocycles. The zero-order valence-corrected chi connectivity index (χ0v) is 21.2. The summed E-state index contributed by atoms with van der Waals surface area (Å²) >= 11 is 1.38. The van der Waals surface area contributed by atoms with E-state index in [0.29, 0.717) is 11.3 Å². The third kappa shape index (κ3) is 4.41. The number of amides is 1. The summed E-state index contributed by atoms with van der Waals surface area (Å²) in [4.78, 5) is 53.9. The molecule has 2 heterocycles. The van der Waals surface area contributed by atoms with E-state index in [1.807, 2.05) is 17.5 Å². The monoisotopic (exact) mass is 534 g/mol. The normalized spacial score (nSPS) is 21.3. The summed E-state index contributed by atoms with van der Waals surface area (Å²) in [6.07, 6.45) is -0.115. The molecule has 8 nitrogen and oxygen atoms in total. The van der Waals surface area contributed by atoms with Crippen LogP contribution in [0.25, 0.3) is 0 Å². The van der Waals surface area contributed by atoms with Gasteiger partial charge in [0.25, 0.3) is 5.69 Å². The minimum atomic E-state index is -1.16. The second kappa shape index (κ2) is 10.3. The van der Waals surface area contributed by atoms with Crippen LogP contribution in [0.4, 0.5) is 15.8 Å². The molecule has 5 rings (SSSR count). The number of nitrogens with zero attached hydrogens (tertiary/aromatic N) is 2. The SMILES string of the molecule is CCOC(=O)[C@@H]1C(=O)C2=C(C[C@H]1c1cccs1)N(c1ccccc1F)C(=O)C[C@@H]2c1cccc([N+](=O)[O-])c1. The second-order valence-corrected chi connectivity index (χ2v) is 10.0. The maximum Gasteiger partial charge on any atom is 0.317 e. The van der Waals surface area contributed by atoms with Gasteiger partial charge in [-0.15, -0.1) is 11.3 Å². The largest absolute Gasteiger partial charge is 0.465 e. The Morgan fingerprint density at radius 3 is 2.61 bits per heavy atom. The number of anilines is 1. The van der Waals surface area contributed by atoms with Gasteiger partial charge in [-0.1, -0.05) is 30.3 Å². The first-order valence-corrected chi connectivity index (χ1v) is 13.0. The van der Waals surface area contributed by atoms with E-state index in [-0.39, 0.29) is 36.4 Å². The number of rotatable bonds is 6. The molecule has 1 amide bonds. The first kappa shape index (κ1) is 25.5. The molecule has 2 aliphatic rings. The van der Waals surface area contributed by atoms with Crippen LogP contribution in [0.15, 0.2) is 77.3 Å². The first-order valence-electron chi connectivity index (χ1n) is 12.1. The van der Waals surface area contributed by atoms with E-state index in [1.165, 1.54) is 52.6 Å². The summed E-state index contributed by atoms with van der Waals surface area (Å²) in [5.41, 5.74) is 0.704. The standard InChI is InChI=1S/C28H23FN2O6S/c1-2-37-28(34)26-19(23-11-6-12-38-23)14-22-25(27(26)33)18(16-7-5-8-17(13-16)31(35)36)15-24(32)30(22)21-10-4-3-9-20(21)29/h3-13,18-19,26H,2,14-15H2,1H3/t18-,19+,26+/m1/s1. The lowest BCUT2D eigenvalue weighted by atomic mass is 9.69. The molecule has 194 valence electrons. The third-order valence-electron chi connectivity index (χ3n) is 6.95. The van der Waals surface area contributed by atoms with Crippen LogP contribution in [0, 0.1) is 21.8 Å². The van der Waals surface area contributed by atoms with E-state index in [4.69, 9.17) is 4.74 Å². The van der Waals surface area contributed by atoms with Crippen molar-refractivity contribution in [2.75, 3.05) is 11.5 Å². The molecule has 10 heteroatoms. The van der Waals surface area contributed by atoms with Crippen molar-refractivity contribution in [1.29, 1.82) is 0 Å². The van der Waals surface area contributed by atoms with Gasteiger partial charge in [0, 0.05) is 46.5 Å². The van der Waals surface area contributed by atoms with Gasteiger partial charge in [0.05, 0.1) is 17.2 Å². The quantitative estimate of drug-likeness (QED) is 0.179. The van der Waals surface area contributed by atoms with E-state index in [9.17, 15) is 28.9 Å². The molecule has 0 N–H and O–H groups in total. The molecule has 1 aliphatic carbocycles. The number of Topliss-reactive ketones (excluding diaryl/α,β-unsaturated/α-hetero) is 1. The summed E-state index contributed by atoms with van der Waals surface area (Å²) in [6.45, 7) is 1.74. The molecule has 3 aromatic rings. The van der Waals surface area contributed by atoms with Crippen molar-refractivity contribution in [2.24, 2.45) is 5.92 Å². The zero-order valence-electron chi connectivity index (χ0n) is 20.3. The van der Waals surface area contributed by atoms with Crippen LogP contribution < -0.4 is 4.90 Å². The number of nitro benzene ring substituents is 1. The number of ether oxygens (including phenoxy) is 1. The Balaban J connectivity index is 1.74. The lowest BCUT2D eigenvalue weighted by molar-refractivity contribution is -0.384. The highest BCUT2D eigenvalue weighted by atomic mass is 32.1. The van der Waals surface area contributed by atoms with Gasteiger partial charge in [-0.3, -0.25) is 29.4 Å². The number of benzene rings is 2. The van der Waals surface area contributed by atoms with Gasteiger partial charge in [-0.2, -0.15) is 0 Å². The van der Waals surface area contributed by atoms with Crippen molar-refractivity contribution >= 4 is 40.4 Å². The smallest absolute Gasteiger partial charge is 0.317 e. The Morgan fingerprint density at radius 1 is 1.13 bits per heavy atom. The lowest BCUT2D eigenvalue weighted by Crippen LogP contribution is -2.46. The third-order valence-corrected chi connectivity index (χ3v) is 7.95. The van der Waals surface area contributed by atoms with Crippen LogP contribution in [-0.2, 0) is 19.1 Å². The predicted molar refractivity (Wildman–Crippen MR) is 138 cm³/mol. The van der Waals surface area contributed by atoms with Crippen molar-refractivity contribution < 1.29 is 28.4 Å². The number of allylic oxidation sites excluding steroid dienone is 2. The summed E-state index contributed by atoms with van der Waals surface area (Å²) < 4.78 is 20.3. The number of thiophene rings is 1. The Hall–Kier alpha value is -4.18. The second-order valence-electron chi connectivity index (χ2n) is 9.07. The van der Waals surface area contributed by atoms with Gasteiger partial charge >= 0.3 is 5.97 Å². The molecule has 0 spiro atoms. The van der Waals surface area contributed by atoms with E-state index < -0.39 is 46.2 Å². The molecule has 0 fully saturated rings. The van der Waals surface area contributed by atoms with E-state index in [0.717, 1.165) is 4.88 Å². The molecule has 0 unspecified atom stereocenters. The Labute approximate surface area is 221 Å². The van der Waals surface area contributed by atoms with Crippen molar-refractivity contribution in [3.05, 3.63) is 104 Å². The fraction of sp³-hybridized carbons (Fsp3) is 0.250. The minimum Gasteiger partial charge on any atom is -0.465 e. The molecule has 3 atom stereocenters. The topological polar surface area (TPSA) is 107 Å². The Morgan fingerprint density at radius 2 is 1.92 bits per heavy atom. The van der Waals surface area contributed by atoms with Crippen LogP contribution in [0.5, 0.6) is 0 Å². The number of nitro groups is 1. The highest BCUT2D eigenvalue weighted by Gasteiger charge is 2.50. The molecule has 1 aliphatic heterocycles. The van der Waals surface area contributed by atoms with E-state index in [1.54, 1.807) is 19.1 Å². The highest BCUT2D eigenvalue weighted by Crippen LogP contribution is 2.50. The zero-order chi connectivity index (χ0) is 27.0. The van der Waals surface area contributed by atoms with Gasteiger partial charge < -0.3 is 4.74 Å². The number of halogens is 1. The van der Waals surface area contributed by atoms with Crippen LogP contribution in [-0.4, -0.2) is 29.2 Å². The number of hydrogen-bond donors (Lipinski definition) is 0. The fourth-order valence-corrected chi connectivity index (χ4v) is 6.22.